The van der Waals surface area contributed by atoms with E-state index >= 15 is 0 Å². The lowest BCUT2D eigenvalue weighted by atomic mass is 10.1. The van der Waals surface area contributed by atoms with E-state index in [2.05, 4.69) is 15.5 Å². The second-order valence-corrected chi connectivity index (χ2v) is 7.95. The minimum atomic E-state index is -0.135. The molecule has 0 aliphatic carbocycles. The lowest BCUT2D eigenvalue weighted by Gasteiger charge is -2.34. The van der Waals surface area contributed by atoms with Crippen molar-refractivity contribution in [1.82, 2.24) is 19.9 Å². The van der Waals surface area contributed by atoms with Crippen molar-refractivity contribution in [3.63, 3.8) is 0 Å². The van der Waals surface area contributed by atoms with E-state index < -0.39 is 0 Å². The number of furan rings is 1. The summed E-state index contributed by atoms with van der Waals surface area (Å²) in [6.07, 6.45) is 5.25. The van der Waals surface area contributed by atoms with E-state index in [0.717, 1.165) is 18.0 Å². The zero-order valence-electron chi connectivity index (χ0n) is 15.7. The Morgan fingerprint density at radius 1 is 1.28 bits per heavy atom. The maximum absolute atomic E-state index is 13.1. The summed E-state index contributed by atoms with van der Waals surface area (Å²) in [5.74, 6) is 0.187. The molecule has 0 aromatic carbocycles. The van der Waals surface area contributed by atoms with Crippen LogP contribution in [-0.4, -0.2) is 63.5 Å². The Morgan fingerprint density at radius 2 is 2.07 bits per heavy atom. The molecule has 5 rings (SSSR count). The van der Waals surface area contributed by atoms with E-state index in [-0.39, 0.29) is 23.9 Å². The normalized spacial score (nSPS) is 20.4. The largest absolute Gasteiger partial charge is 0.472 e. The second-order valence-electron chi connectivity index (χ2n) is 7.10. The second kappa shape index (κ2) is 7.03. The standard InChI is InChI=1S/C19H19N5O4S/c1-2-20-17-15(21-10-29-17)19(26)24-8-12-5-13(24)7-23(12)18(25)14-6-22-28-16(14)11-3-4-27-9-11/h3-4,6,9-10,12-13,20H,2,5,7-8H2,1H3/t12-,13-/m0/s1. The van der Waals surface area contributed by atoms with Crippen molar-refractivity contribution in [2.45, 2.75) is 25.4 Å². The summed E-state index contributed by atoms with van der Waals surface area (Å²) >= 11 is 1.43. The first kappa shape index (κ1) is 17.9. The van der Waals surface area contributed by atoms with Crippen LogP contribution in [0.25, 0.3) is 11.3 Å². The maximum Gasteiger partial charge on any atom is 0.275 e. The fourth-order valence-corrected chi connectivity index (χ4v) is 4.88. The van der Waals surface area contributed by atoms with Gasteiger partial charge in [0.1, 0.15) is 16.8 Å². The highest BCUT2D eigenvalue weighted by Crippen LogP contribution is 2.35. The van der Waals surface area contributed by atoms with Crippen LogP contribution < -0.4 is 5.32 Å². The Labute approximate surface area is 170 Å². The molecule has 3 aromatic heterocycles. The number of nitrogens with one attached hydrogen (secondary N) is 1. The number of likely N-dealkylation sites (tertiary alicyclic amines) is 2. The van der Waals surface area contributed by atoms with E-state index in [0.29, 0.717) is 35.7 Å². The van der Waals surface area contributed by atoms with E-state index in [1.165, 1.54) is 30.1 Å². The number of hydrogen-bond donors (Lipinski definition) is 1. The zero-order valence-corrected chi connectivity index (χ0v) is 16.5. The highest BCUT2D eigenvalue weighted by Gasteiger charge is 2.48. The van der Waals surface area contributed by atoms with Crippen LogP contribution in [0.1, 0.15) is 34.2 Å². The molecule has 5 heterocycles. The summed E-state index contributed by atoms with van der Waals surface area (Å²) in [5.41, 5.74) is 3.22. The van der Waals surface area contributed by atoms with Gasteiger partial charge in [-0.3, -0.25) is 9.59 Å². The first-order valence-corrected chi connectivity index (χ1v) is 10.3. The average molecular weight is 413 g/mol. The van der Waals surface area contributed by atoms with Crippen molar-refractivity contribution in [3.8, 4) is 11.3 Å². The molecule has 0 radical (unpaired) electrons. The number of carbonyl (C=O) groups excluding carboxylic acids is 2. The molecule has 2 fully saturated rings. The van der Waals surface area contributed by atoms with Crippen LogP contribution in [0.4, 0.5) is 5.00 Å². The van der Waals surface area contributed by atoms with Crippen LogP contribution in [-0.2, 0) is 0 Å². The van der Waals surface area contributed by atoms with Crippen molar-refractivity contribution in [2.75, 3.05) is 25.0 Å². The average Bonchev–Trinajstić information content (AvgIpc) is 3.54. The van der Waals surface area contributed by atoms with Gasteiger partial charge in [0.2, 0.25) is 0 Å². The van der Waals surface area contributed by atoms with E-state index in [1.54, 1.807) is 11.6 Å². The summed E-state index contributed by atoms with van der Waals surface area (Å²) < 4.78 is 10.4. The van der Waals surface area contributed by atoms with Gasteiger partial charge in [-0.05, 0) is 19.4 Å². The van der Waals surface area contributed by atoms with Crippen molar-refractivity contribution >= 4 is 28.2 Å². The Hall–Kier alpha value is -3.14. The number of thiazole rings is 1. The number of nitrogens with zero attached hydrogens (tertiary/aromatic N) is 4. The molecule has 2 atom stereocenters. The number of fused-ring (bicyclic) bond motifs is 2. The van der Waals surface area contributed by atoms with Crippen molar-refractivity contribution in [3.05, 3.63) is 41.6 Å². The third-order valence-electron chi connectivity index (χ3n) is 5.45. The molecular formula is C19H19N5O4S. The summed E-state index contributed by atoms with van der Waals surface area (Å²) in [4.78, 5) is 34.0. The van der Waals surface area contributed by atoms with E-state index in [1.807, 2.05) is 16.7 Å². The summed E-state index contributed by atoms with van der Waals surface area (Å²) in [6, 6.07) is 1.69. The van der Waals surface area contributed by atoms with Crippen LogP contribution in [0.2, 0.25) is 0 Å². The molecule has 9 nitrogen and oxygen atoms in total. The SMILES string of the molecule is CCNc1scnc1C(=O)N1C[C@@H]2C[C@H]1CN2C(=O)c1cnoc1-c1ccoc1. The summed E-state index contributed by atoms with van der Waals surface area (Å²) in [6.45, 7) is 3.71. The number of amides is 2. The number of rotatable bonds is 5. The molecule has 2 amide bonds. The van der Waals surface area contributed by atoms with Crippen molar-refractivity contribution < 1.29 is 18.5 Å². The molecule has 29 heavy (non-hydrogen) atoms. The number of anilines is 1. The molecule has 0 saturated carbocycles. The van der Waals surface area contributed by atoms with Gasteiger partial charge in [-0.25, -0.2) is 4.98 Å². The van der Waals surface area contributed by atoms with Crippen LogP contribution in [0.15, 0.2) is 39.2 Å². The Morgan fingerprint density at radius 3 is 2.76 bits per heavy atom. The number of aromatic nitrogens is 2. The molecule has 2 aliphatic heterocycles. The fourth-order valence-electron chi connectivity index (χ4n) is 4.13. The minimum Gasteiger partial charge on any atom is -0.472 e. The lowest BCUT2D eigenvalue weighted by molar-refractivity contribution is 0.0524. The van der Waals surface area contributed by atoms with Gasteiger partial charge in [-0.1, -0.05) is 5.16 Å². The molecule has 2 saturated heterocycles. The topological polar surface area (TPSA) is 105 Å². The fraction of sp³-hybridized carbons (Fsp3) is 0.368. The minimum absolute atomic E-state index is 0.00939. The van der Waals surface area contributed by atoms with Crippen LogP contribution >= 0.6 is 11.3 Å². The Kier molecular flexibility index (Phi) is 4.35. The number of carbonyl (C=O) groups is 2. The van der Waals surface area contributed by atoms with Gasteiger partial charge in [-0.15, -0.1) is 11.3 Å². The number of piperazine rings is 1. The van der Waals surface area contributed by atoms with E-state index in [4.69, 9.17) is 8.94 Å². The van der Waals surface area contributed by atoms with Gasteiger partial charge in [-0.2, -0.15) is 0 Å². The predicted octanol–water partition coefficient (Wildman–Crippen LogP) is 2.56. The molecule has 2 aliphatic rings. The van der Waals surface area contributed by atoms with Crippen molar-refractivity contribution in [2.24, 2.45) is 0 Å². The monoisotopic (exact) mass is 413 g/mol. The quantitative estimate of drug-likeness (QED) is 0.685. The molecule has 3 aromatic rings. The summed E-state index contributed by atoms with van der Waals surface area (Å²) in [7, 11) is 0. The third kappa shape index (κ3) is 2.91. The highest BCUT2D eigenvalue weighted by atomic mass is 32.1. The molecular weight excluding hydrogens is 394 g/mol. The van der Waals surface area contributed by atoms with Gasteiger partial charge in [0, 0.05) is 19.6 Å². The first-order chi connectivity index (χ1) is 14.2. The van der Waals surface area contributed by atoms with Gasteiger partial charge in [0.05, 0.1) is 35.6 Å². The molecule has 150 valence electrons. The Bertz CT molecular complexity index is 1040. The Balaban J connectivity index is 1.32. The van der Waals surface area contributed by atoms with Gasteiger partial charge in [0.25, 0.3) is 11.8 Å². The van der Waals surface area contributed by atoms with Crippen LogP contribution in [0, 0.1) is 0 Å². The third-order valence-corrected chi connectivity index (χ3v) is 6.24. The van der Waals surface area contributed by atoms with Crippen LogP contribution in [0.5, 0.6) is 0 Å². The zero-order chi connectivity index (χ0) is 20.0. The van der Waals surface area contributed by atoms with Gasteiger partial charge in [0.15, 0.2) is 11.5 Å². The first-order valence-electron chi connectivity index (χ1n) is 9.44. The molecule has 0 spiro atoms. The molecule has 1 N–H and O–H groups in total. The molecule has 10 heteroatoms. The smallest absolute Gasteiger partial charge is 0.275 e. The van der Waals surface area contributed by atoms with Gasteiger partial charge >= 0.3 is 0 Å². The lowest BCUT2D eigenvalue weighted by Crippen LogP contribution is -2.50. The van der Waals surface area contributed by atoms with Crippen molar-refractivity contribution in [1.29, 1.82) is 0 Å². The maximum atomic E-state index is 13.1. The molecule has 2 bridgehead atoms. The van der Waals surface area contributed by atoms with Gasteiger partial charge < -0.3 is 24.1 Å². The highest BCUT2D eigenvalue weighted by molar-refractivity contribution is 7.14. The number of hydrogen-bond acceptors (Lipinski definition) is 8. The summed E-state index contributed by atoms with van der Waals surface area (Å²) in [5, 5.41) is 7.78. The predicted molar refractivity (Wildman–Crippen MR) is 105 cm³/mol. The van der Waals surface area contributed by atoms with E-state index in [9.17, 15) is 9.59 Å². The molecule has 0 unspecified atom stereocenters. The van der Waals surface area contributed by atoms with Crippen LogP contribution in [0.3, 0.4) is 0 Å².